The van der Waals surface area contributed by atoms with Gasteiger partial charge in [-0.05, 0) is 63.6 Å². The minimum atomic E-state index is -1.08. The number of nitrogens with zero attached hydrogens (tertiary/aromatic N) is 4. The zero-order valence-electron chi connectivity index (χ0n) is 31.8. The van der Waals surface area contributed by atoms with Crippen molar-refractivity contribution in [1.29, 1.82) is 0 Å². The first-order valence-corrected chi connectivity index (χ1v) is 18.2. The zero-order chi connectivity index (χ0) is 38.7. The molecular formula is C38H52N8O7. The van der Waals surface area contributed by atoms with E-state index in [1.54, 1.807) is 48.5 Å². The van der Waals surface area contributed by atoms with Crippen molar-refractivity contribution in [2.75, 3.05) is 13.7 Å². The summed E-state index contributed by atoms with van der Waals surface area (Å²) in [6.45, 7) is 12.8. The van der Waals surface area contributed by atoms with Crippen LogP contribution in [0.1, 0.15) is 80.6 Å². The monoisotopic (exact) mass is 732 g/mol. The van der Waals surface area contributed by atoms with Gasteiger partial charge >= 0.3 is 6.03 Å². The van der Waals surface area contributed by atoms with E-state index in [-0.39, 0.29) is 25.4 Å². The Balaban J connectivity index is 1.48. The van der Waals surface area contributed by atoms with Crippen LogP contribution >= 0.6 is 0 Å². The van der Waals surface area contributed by atoms with E-state index in [0.29, 0.717) is 34.6 Å². The average molecular weight is 733 g/mol. The number of hydrogen-bond donors (Lipinski definition) is 4. The number of methoxy groups -OCH3 is 1. The maximum atomic E-state index is 14.6. The van der Waals surface area contributed by atoms with Gasteiger partial charge in [-0.1, -0.05) is 34.1 Å². The van der Waals surface area contributed by atoms with E-state index < -0.39 is 64.7 Å². The average Bonchev–Trinajstić information content (AvgIpc) is 3.53. The molecule has 1 unspecified atom stereocenters. The lowest BCUT2D eigenvalue weighted by molar-refractivity contribution is -0.144. The Morgan fingerprint density at radius 3 is 2.36 bits per heavy atom. The first kappa shape index (κ1) is 39.0. The highest BCUT2D eigenvalue weighted by Crippen LogP contribution is 2.34. The molecule has 5 rings (SSSR count). The third kappa shape index (κ3) is 9.82. The number of nitrogens with one attached hydrogen (secondary N) is 4. The number of ether oxygens (including phenoxy) is 2. The van der Waals surface area contributed by atoms with Gasteiger partial charge in [0.25, 0.3) is 5.91 Å². The molecule has 15 nitrogen and oxygen atoms in total. The second-order valence-electron chi connectivity index (χ2n) is 15.9. The van der Waals surface area contributed by atoms with E-state index in [4.69, 9.17) is 14.5 Å². The van der Waals surface area contributed by atoms with Crippen molar-refractivity contribution in [2.24, 2.45) is 5.41 Å². The summed E-state index contributed by atoms with van der Waals surface area (Å²) < 4.78 is 13.7. The maximum absolute atomic E-state index is 14.6. The second-order valence-corrected chi connectivity index (χ2v) is 15.9. The predicted molar refractivity (Wildman–Crippen MR) is 198 cm³/mol. The molecule has 1 saturated carbocycles. The van der Waals surface area contributed by atoms with Crippen LogP contribution in [0.5, 0.6) is 11.5 Å². The van der Waals surface area contributed by atoms with Crippen molar-refractivity contribution in [2.45, 2.75) is 116 Å². The van der Waals surface area contributed by atoms with E-state index in [0.717, 1.165) is 12.8 Å². The molecule has 1 aromatic carbocycles. The van der Waals surface area contributed by atoms with Crippen molar-refractivity contribution in [3.63, 3.8) is 0 Å². The van der Waals surface area contributed by atoms with Gasteiger partial charge in [0.1, 0.15) is 29.7 Å². The Hall–Kier alpha value is -5.21. The number of likely N-dealkylation sites (tertiary alicyclic amines) is 1. The summed E-state index contributed by atoms with van der Waals surface area (Å²) in [5.41, 5.74) is -0.740. The van der Waals surface area contributed by atoms with Crippen molar-refractivity contribution >= 4 is 40.4 Å². The minimum Gasteiger partial charge on any atom is -0.497 e. The molecule has 2 aliphatic rings. The van der Waals surface area contributed by atoms with Gasteiger partial charge in [-0.25, -0.2) is 14.5 Å². The topological polar surface area (TPSA) is 186 Å². The quantitative estimate of drug-likeness (QED) is 0.191. The SMILES string of the molecule is CCC[C@H](NC(=O)[C@@H]1CC(Oc2cc(-n3cccn3)nc3cc(OC)ccc23)CN1C(=O)[C@@H](NC(=O)NC(C)(C)C)C(C)(C)C)C(=O)C(=O)NC1CC1. The highest BCUT2D eigenvalue weighted by molar-refractivity contribution is 6.38. The molecule has 2 fully saturated rings. The van der Waals surface area contributed by atoms with Gasteiger partial charge in [0, 0.05) is 47.9 Å². The molecule has 3 aromatic rings. The van der Waals surface area contributed by atoms with E-state index >= 15 is 0 Å². The van der Waals surface area contributed by atoms with Gasteiger partial charge in [0.15, 0.2) is 5.82 Å². The molecule has 1 aliphatic heterocycles. The lowest BCUT2D eigenvalue weighted by Gasteiger charge is -2.36. The number of carbonyl (C=O) groups excluding carboxylic acids is 5. The molecule has 53 heavy (non-hydrogen) atoms. The number of hydrogen-bond acceptors (Lipinski definition) is 9. The third-order valence-electron chi connectivity index (χ3n) is 9.07. The summed E-state index contributed by atoms with van der Waals surface area (Å²) >= 11 is 0. The fourth-order valence-electron chi connectivity index (χ4n) is 6.25. The Morgan fingerprint density at radius 2 is 1.75 bits per heavy atom. The Labute approximate surface area is 309 Å². The number of urea groups is 1. The summed E-state index contributed by atoms with van der Waals surface area (Å²) in [6.07, 6.45) is 5.17. The molecule has 5 amide bonds. The number of benzene rings is 1. The number of ketones is 1. The van der Waals surface area contributed by atoms with Gasteiger partial charge < -0.3 is 35.6 Å². The first-order valence-electron chi connectivity index (χ1n) is 18.2. The molecule has 15 heteroatoms. The number of pyridine rings is 1. The van der Waals surface area contributed by atoms with Crippen LogP contribution in [0.3, 0.4) is 0 Å². The van der Waals surface area contributed by atoms with E-state index in [9.17, 15) is 24.0 Å². The summed E-state index contributed by atoms with van der Waals surface area (Å²) in [5.74, 6) is -1.01. The Kier molecular flexibility index (Phi) is 11.6. The number of amides is 5. The first-order chi connectivity index (χ1) is 25.0. The number of Topliss-reactive ketones (excluding diaryl/α,β-unsaturated/α-hetero) is 1. The molecule has 1 saturated heterocycles. The van der Waals surface area contributed by atoms with E-state index in [2.05, 4.69) is 26.4 Å². The number of fused-ring (bicyclic) bond motifs is 1. The highest BCUT2D eigenvalue weighted by atomic mass is 16.5. The summed E-state index contributed by atoms with van der Waals surface area (Å²) in [7, 11) is 1.57. The standard InChI is InChI=1S/C38H52N8O7/c1-9-11-26(31(47)34(49)40-22-12-13-22)42-33(48)28-19-24(21-45(28)35(50)32(37(2,3)4)43-36(51)44-38(5,6)7)53-29-20-30(46-17-10-16-39-46)41-27-18-23(52-8)14-15-25(27)29/h10,14-18,20,22,24,26,28,32H,9,11-13,19,21H2,1-8H3,(H,40,49)(H,42,48)(H2,43,44,51)/t24?,26-,28-,32+/m0/s1. The van der Waals surface area contributed by atoms with Crippen molar-refractivity contribution in [1.82, 2.24) is 40.9 Å². The van der Waals surface area contributed by atoms with E-state index in [1.165, 1.54) is 4.90 Å². The van der Waals surface area contributed by atoms with Crippen molar-refractivity contribution < 1.29 is 33.4 Å². The maximum Gasteiger partial charge on any atom is 0.315 e. The lowest BCUT2D eigenvalue weighted by Crippen LogP contribution is -2.61. The summed E-state index contributed by atoms with van der Waals surface area (Å²) in [5, 5.41) is 16.2. The van der Waals surface area contributed by atoms with Crippen molar-refractivity contribution in [3.8, 4) is 17.3 Å². The zero-order valence-corrected chi connectivity index (χ0v) is 31.8. The summed E-state index contributed by atoms with van der Waals surface area (Å²) in [6, 6.07) is 5.17. The van der Waals surface area contributed by atoms with Gasteiger partial charge in [0.05, 0.1) is 25.2 Å². The van der Waals surface area contributed by atoms with Crippen LogP contribution in [-0.2, 0) is 19.2 Å². The molecule has 4 atom stereocenters. The molecule has 1 aliphatic carbocycles. The molecule has 3 heterocycles. The van der Waals surface area contributed by atoms with Crippen LogP contribution < -0.4 is 30.7 Å². The van der Waals surface area contributed by atoms with Crippen LogP contribution in [0.25, 0.3) is 16.7 Å². The fraction of sp³-hybridized carbons (Fsp3) is 0.553. The number of carbonyl (C=O) groups is 5. The van der Waals surface area contributed by atoms with Crippen LogP contribution in [0.2, 0.25) is 0 Å². The van der Waals surface area contributed by atoms with Gasteiger partial charge in [0.2, 0.25) is 17.6 Å². The minimum absolute atomic E-state index is 0.00228. The molecular weight excluding hydrogens is 680 g/mol. The van der Waals surface area contributed by atoms with Crippen LogP contribution in [0.4, 0.5) is 4.79 Å². The number of rotatable bonds is 13. The third-order valence-corrected chi connectivity index (χ3v) is 9.07. The molecule has 0 radical (unpaired) electrons. The second kappa shape index (κ2) is 15.8. The van der Waals surface area contributed by atoms with E-state index in [1.807, 2.05) is 54.5 Å². The van der Waals surface area contributed by atoms with Crippen molar-refractivity contribution in [3.05, 3.63) is 42.7 Å². The van der Waals surface area contributed by atoms with Gasteiger partial charge in [-0.3, -0.25) is 19.2 Å². The molecule has 0 bridgehead atoms. The largest absolute Gasteiger partial charge is 0.497 e. The van der Waals surface area contributed by atoms with Crippen LogP contribution in [-0.4, -0.2) is 98.7 Å². The molecule has 2 aromatic heterocycles. The number of aromatic nitrogens is 3. The normalized spacial score (nSPS) is 18.5. The molecule has 286 valence electrons. The Morgan fingerprint density at radius 1 is 1.02 bits per heavy atom. The van der Waals surface area contributed by atoms with Gasteiger partial charge in [-0.15, -0.1) is 0 Å². The van der Waals surface area contributed by atoms with Gasteiger partial charge in [-0.2, -0.15) is 5.10 Å². The van der Waals surface area contributed by atoms with Crippen LogP contribution in [0.15, 0.2) is 42.7 Å². The van der Waals surface area contributed by atoms with Crippen LogP contribution in [0, 0.1) is 5.41 Å². The predicted octanol–water partition coefficient (Wildman–Crippen LogP) is 3.42. The molecule has 0 spiro atoms. The lowest BCUT2D eigenvalue weighted by atomic mass is 9.85. The molecule has 4 N–H and O–H groups in total. The Bertz CT molecular complexity index is 1830. The fourth-order valence-corrected chi connectivity index (χ4v) is 6.25. The summed E-state index contributed by atoms with van der Waals surface area (Å²) in [4.78, 5) is 74.0. The smallest absolute Gasteiger partial charge is 0.315 e. The highest BCUT2D eigenvalue weighted by Gasteiger charge is 2.47.